The zero-order valence-electron chi connectivity index (χ0n) is 12.7. The Morgan fingerprint density at radius 3 is 2.45 bits per heavy atom. The van der Waals surface area contributed by atoms with Crippen molar-refractivity contribution in [1.82, 2.24) is 25.3 Å². The van der Waals surface area contributed by atoms with E-state index in [1.54, 1.807) is 12.3 Å². The minimum absolute atomic E-state index is 0.464. The lowest BCUT2D eigenvalue weighted by Gasteiger charge is -2.28. The van der Waals surface area contributed by atoms with Crippen LogP contribution in [0.25, 0.3) is 0 Å². The number of nitrogen functional groups attached to an aromatic ring is 1. The lowest BCUT2D eigenvalue weighted by molar-refractivity contribution is 0.578. The highest BCUT2D eigenvalue weighted by atomic mass is 32.2. The summed E-state index contributed by atoms with van der Waals surface area (Å²) < 4.78 is 0. The maximum atomic E-state index is 5.70. The SMILES string of the molecule is Cc1nc(N2CCNCC2)nc(C)c1Sc1nccc(N)n1. The maximum Gasteiger partial charge on any atom is 0.225 e. The summed E-state index contributed by atoms with van der Waals surface area (Å²) in [6, 6.07) is 1.67. The molecule has 0 unspecified atom stereocenters. The van der Waals surface area contributed by atoms with Crippen LogP contribution in [0.5, 0.6) is 0 Å². The number of anilines is 2. The van der Waals surface area contributed by atoms with Gasteiger partial charge in [-0.3, -0.25) is 0 Å². The number of nitrogens with zero attached hydrogens (tertiary/aromatic N) is 5. The summed E-state index contributed by atoms with van der Waals surface area (Å²) in [7, 11) is 0. The average molecular weight is 317 g/mol. The fourth-order valence-corrected chi connectivity index (χ4v) is 3.17. The molecule has 1 saturated heterocycles. The standard InChI is InChI=1S/C14H19N7S/c1-9-12(22-14-17-4-3-11(15)20-14)10(2)19-13(18-9)21-7-5-16-6-8-21/h3-4,16H,5-8H2,1-2H3,(H2,15,17,20). The highest BCUT2D eigenvalue weighted by Gasteiger charge is 2.17. The van der Waals surface area contributed by atoms with Gasteiger partial charge in [0, 0.05) is 32.4 Å². The number of aromatic nitrogens is 4. The van der Waals surface area contributed by atoms with Gasteiger partial charge < -0.3 is 16.0 Å². The lowest BCUT2D eigenvalue weighted by Crippen LogP contribution is -2.44. The summed E-state index contributed by atoms with van der Waals surface area (Å²) in [5, 5.41) is 3.95. The first-order valence-electron chi connectivity index (χ1n) is 7.21. The van der Waals surface area contributed by atoms with E-state index in [9.17, 15) is 0 Å². The van der Waals surface area contributed by atoms with Gasteiger partial charge in [0.1, 0.15) is 5.82 Å². The third-order valence-corrected chi connectivity index (χ3v) is 4.62. The number of piperazine rings is 1. The van der Waals surface area contributed by atoms with Crippen LogP contribution < -0.4 is 16.0 Å². The molecule has 1 aliphatic heterocycles. The predicted octanol–water partition coefficient (Wildman–Crippen LogP) is 1.03. The van der Waals surface area contributed by atoms with Crippen molar-refractivity contribution in [1.29, 1.82) is 0 Å². The molecule has 3 N–H and O–H groups in total. The van der Waals surface area contributed by atoms with Gasteiger partial charge in [-0.2, -0.15) is 0 Å². The molecule has 1 aliphatic rings. The van der Waals surface area contributed by atoms with Crippen LogP contribution in [-0.4, -0.2) is 46.1 Å². The van der Waals surface area contributed by atoms with E-state index in [-0.39, 0.29) is 0 Å². The molecule has 8 heteroatoms. The Morgan fingerprint density at radius 2 is 1.82 bits per heavy atom. The van der Waals surface area contributed by atoms with Crippen molar-refractivity contribution < 1.29 is 0 Å². The van der Waals surface area contributed by atoms with Crippen molar-refractivity contribution in [2.75, 3.05) is 36.8 Å². The van der Waals surface area contributed by atoms with Gasteiger partial charge in [0.2, 0.25) is 5.95 Å². The summed E-state index contributed by atoms with van der Waals surface area (Å²) in [4.78, 5) is 21.0. The molecule has 3 rings (SSSR count). The zero-order chi connectivity index (χ0) is 15.5. The van der Waals surface area contributed by atoms with Crippen LogP contribution in [0.4, 0.5) is 11.8 Å². The van der Waals surface area contributed by atoms with Crippen LogP contribution in [0.1, 0.15) is 11.4 Å². The van der Waals surface area contributed by atoms with Gasteiger partial charge in [0.25, 0.3) is 0 Å². The molecule has 7 nitrogen and oxygen atoms in total. The Morgan fingerprint density at radius 1 is 1.14 bits per heavy atom. The van der Waals surface area contributed by atoms with Gasteiger partial charge in [0.15, 0.2) is 5.16 Å². The first kappa shape index (κ1) is 15.0. The van der Waals surface area contributed by atoms with Gasteiger partial charge >= 0.3 is 0 Å². The van der Waals surface area contributed by atoms with Crippen molar-refractivity contribution in [3.8, 4) is 0 Å². The Labute approximate surface area is 133 Å². The van der Waals surface area contributed by atoms with Gasteiger partial charge in [-0.05, 0) is 31.7 Å². The van der Waals surface area contributed by atoms with Crippen molar-refractivity contribution in [2.45, 2.75) is 23.9 Å². The Bertz CT molecular complexity index is 647. The molecule has 0 saturated carbocycles. The molecule has 2 aromatic rings. The molecule has 0 aromatic carbocycles. The molecular weight excluding hydrogens is 298 g/mol. The Hall–Kier alpha value is -1.93. The van der Waals surface area contributed by atoms with Crippen LogP contribution in [0.2, 0.25) is 0 Å². The minimum atomic E-state index is 0.464. The molecule has 0 radical (unpaired) electrons. The van der Waals surface area contributed by atoms with Crippen molar-refractivity contribution in [3.63, 3.8) is 0 Å². The molecular formula is C14H19N7S. The van der Waals surface area contributed by atoms with Gasteiger partial charge in [0.05, 0.1) is 16.3 Å². The van der Waals surface area contributed by atoms with Crippen molar-refractivity contribution >= 4 is 23.5 Å². The third kappa shape index (κ3) is 3.28. The quantitative estimate of drug-likeness (QED) is 0.811. The summed E-state index contributed by atoms with van der Waals surface area (Å²) in [5.74, 6) is 1.26. The minimum Gasteiger partial charge on any atom is -0.384 e. The van der Waals surface area contributed by atoms with E-state index in [0.717, 1.165) is 48.4 Å². The highest BCUT2D eigenvalue weighted by molar-refractivity contribution is 7.99. The highest BCUT2D eigenvalue weighted by Crippen LogP contribution is 2.30. The lowest BCUT2D eigenvalue weighted by atomic mass is 10.3. The van der Waals surface area contributed by atoms with Crippen molar-refractivity contribution in [2.24, 2.45) is 0 Å². The van der Waals surface area contributed by atoms with Crippen molar-refractivity contribution in [3.05, 3.63) is 23.7 Å². The number of rotatable bonds is 3. The molecule has 2 aromatic heterocycles. The number of hydrogen-bond acceptors (Lipinski definition) is 8. The second kappa shape index (κ2) is 6.45. The second-order valence-corrected chi connectivity index (χ2v) is 6.10. The maximum absolute atomic E-state index is 5.70. The predicted molar refractivity (Wildman–Crippen MR) is 87.2 cm³/mol. The molecule has 3 heterocycles. The largest absolute Gasteiger partial charge is 0.384 e. The topological polar surface area (TPSA) is 92.9 Å². The van der Waals surface area contributed by atoms with E-state index >= 15 is 0 Å². The first-order chi connectivity index (χ1) is 10.6. The van der Waals surface area contributed by atoms with E-state index in [0.29, 0.717) is 11.0 Å². The van der Waals surface area contributed by atoms with Crippen LogP contribution >= 0.6 is 11.8 Å². The Kier molecular flexibility index (Phi) is 4.39. The molecule has 1 fully saturated rings. The van der Waals surface area contributed by atoms with Crippen LogP contribution in [0.15, 0.2) is 22.3 Å². The van der Waals surface area contributed by atoms with E-state index < -0.39 is 0 Å². The van der Waals surface area contributed by atoms with E-state index in [2.05, 4.69) is 30.2 Å². The third-order valence-electron chi connectivity index (χ3n) is 3.44. The monoisotopic (exact) mass is 317 g/mol. The van der Waals surface area contributed by atoms with E-state index in [1.807, 2.05) is 13.8 Å². The number of nitrogens with two attached hydrogens (primary N) is 1. The summed E-state index contributed by atoms with van der Waals surface area (Å²) in [5.41, 5.74) is 7.59. The number of nitrogens with one attached hydrogen (secondary N) is 1. The average Bonchev–Trinajstić information content (AvgIpc) is 2.52. The molecule has 0 aliphatic carbocycles. The van der Waals surface area contributed by atoms with E-state index in [4.69, 9.17) is 5.73 Å². The zero-order valence-corrected chi connectivity index (χ0v) is 13.5. The second-order valence-electron chi connectivity index (χ2n) is 5.13. The van der Waals surface area contributed by atoms with Crippen LogP contribution in [0.3, 0.4) is 0 Å². The summed E-state index contributed by atoms with van der Waals surface area (Å²) >= 11 is 1.45. The number of hydrogen-bond donors (Lipinski definition) is 2. The van der Waals surface area contributed by atoms with Gasteiger partial charge in [-0.25, -0.2) is 19.9 Å². The Balaban J connectivity index is 1.86. The molecule has 22 heavy (non-hydrogen) atoms. The molecule has 0 amide bonds. The smallest absolute Gasteiger partial charge is 0.225 e. The van der Waals surface area contributed by atoms with E-state index in [1.165, 1.54) is 11.8 Å². The van der Waals surface area contributed by atoms with Crippen LogP contribution in [0, 0.1) is 13.8 Å². The van der Waals surface area contributed by atoms with Gasteiger partial charge in [-0.1, -0.05) is 0 Å². The van der Waals surface area contributed by atoms with Gasteiger partial charge in [-0.15, -0.1) is 0 Å². The van der Waals surface area contributed by atoms with Crippen LogP contribution in [-0.2, 0) is 0 Å². The molecule has 0 bridgehead atoms. The molecule has 116 valence electrons. The first-order valence-corrected chi connectivity index (χ1v) is 8.02. The normalized spacial score (nSPS) is 15.1. The summed E-state index contributed by atoms with van der Waals surface area (Å²) in [6.07, 6.45) is 1.66. The molecule has 0 atom stereocenters. The fourth-order valence-electron chi connectivity index (χ4n) is 2.34. The number of aryl methyl sites for hydroxylation is 2. The summed E-state index contributed by atoms with van der Waals surface area (Å²) in [6.45, 7) is 7.79. The molecule has 0 spiro atoms. The fraction of sp³-hybridized carbons (Fsp3) is 0.429.